The van der Waals surface area contributed by atoms with Gasteiger partial charge in [-0.15, -0.1) is 10.2 Å². The van der Waals surface area contributed by atoms with Crippen LogP contribution in [0.5, 0.6) is 0 Å². The van der Waals surface area contributed by atoms with Gasteiger partial charge in [-0.05, 0) is 50.6 Å². The number of carbonyl (C=O) groups is 1. The van der Waals surface area contributed by atoms with Gasteiger partial charge in [-0.3, -0.25) is 9.36 Å². The highest BCUT2D eigenvalue weighted by Crippen LogP contribution is 2.28. The van der Waals surface area contributed by atoms with E-state index in [1.54, 1.807) is 11.8 Å². The van der Waals surface area contributed by atoms with Gasteiger partial charge in [0, 0.05) is 17.0 Å². The summed E-state index contributed by atoms with van der Waals surface area (Å²) in [4.78, 5) is 12.8. The molecular formula is C26H26N4OS. The van der Waals surface area contributed by atoms with E-state index in [0.717, 1.165) is 22.2 Å². The molecule has 0 fully saturated rings. The molecule has 6 heteroatoms. The van der Waals surface area contributed by atoms with Crippen LogP contribution < -0.4 is 5.32 Å². The average Bonchev–Trinajstić information content (AvgIpc) is 3.23. The maximum absolute atomic E-state index is 12.8. The Bertz CT molecular complexity index is 1180. The molecule has 1 atom stereocenters. The van der Waals surface area contributed by atoms with Crippen LogP contribution in [0.25, 0.3) is 5.69 Å². The minimum absolute atomic E-state index is 0.130. The van der Waals surface area contributed by atoms with Gasteiger partial charge in [-0.1, -0.05) is 77.5 Å². The molecule has 0 unspecified atom stereocenters. The first kappa shape index (κ1) is 21.8. The number of rotatable bonds is 7. The predicted molar refractivity (Wildman–Crippen MR) is 129 cm³/mol. The first-order chi connectivity index (χ1) is 15.5. The zero-order valence-electron chi connectivity index (χ0n) is 18.4. The smallest absolute Gasteiger partial charge is 0.251 e. The molecule has 4 aromatic rings. The number of aryl methyl sites for hydroxylation is 2. The molecule has 1 aromatic heterocycles. The molecule has 0 aliphatic heterocycles. The Hall–Kier alpha value is -3.38. The van der Waals surface area contributed by atoms with E-state index in [2.05, 4.69) is 58.8 Å². The molecule has 5 nitrogen and oxygen atoms in total. The van der Waals surface area contributed by atoms with Crippen LogP contribution in [0.1, 0.15) is 45.8 Å². The Morgan fingerprint density at radius 3 is 2.19 bits per heavy atom. The van der Waals surface area contributed by atoms with Gasteiger partial charge in [0.25, 0.3) is 5.91 Å². The number of hydrogen-bond donors (Lipinski definition) is 1. The summed E-state index contributed by atoms with van der Waals surface area (Å²) in [5.74, 6) is 1.36. The summed E-state index contributed by atoms with van der Waals surface area (Å²) in [5, 5.41) is 12.8. The molecule has 0 radical (unpaired) electrons. The minimum Gasteiger partial charge on any atom is -0.342 e. The lowest BCUT2D eigenvalue weighted by Crippen LogP contribution is -2.28. The van der Waals surface area contributed by atoms with Crippen molar-refractivity contribution in [3.05, 3.63) is 107 Å². The van der Waals surface area contributed by atoms with Gasteiger partial charge in [-0.2, -0.15) is 0 Å². The topological polar surface area (TPSA) is 59.8 Å². The fourth-order valence-corrected chi connectivity index (χ4v) is 4.28. The van der Waals surface area contributed by atoms with Crippen molar-refractivity contribution in [2.24, 2.45) is 0 Å². The Labute approximate surface area is 192 Å². The molecule has 0 aliphatic carbocycles. The molecule has 0 saturated heterocycles. The number of amides is 1. The van der Waals surface area contributed by atoms with Crippen molar-refractivity contribution in [2.75, 3.05) is 0 Å². The predicted octanol–water partition coefficient (Wildman–Crippen LogP) is 5.67. The fourth-order valence-electron chi connectivity index (χ4n) is 3.36. The summed E-state index contributed by atoms with van der Waals surface area (Å²) < 4.78 is 2.03. The van der Waals surface area contributed by atoms with Gasteiger partial charge in [0.15, 0.2) is 11.0 Å². The molecule has 32 heavy (non-hydrogen) atoms. The lowest BCUT2D eigenvalue weighted by Gasteiger charge is -2.16. The molecule has 0 saturated carbocycles. The monoisotopic (exact) mass is 442 g/mol. The van der Waals surface area contributed by atoms with Crippen LogP contribution in [-0.2, 0) is 5.75 Å². The van der Waals surface area contributed by atoms with Crippen molar-refractivity contribution in [1.29, 1.82) is 0 Å². The van der Waals surface area contributed by atoms with E-state index in [1.807, 2.05) is 60.9 Å². The summed E-state index contributed by atoms with van der Waals surface area (Å²) in [6.45, 7) is 6.00. The molecular weight excluding hydrogens is 416 g/mol. The average molecular weight is 443 g/mol. The molecule has 0 aliphatic rings. The SMILES string of the molecule is Cc1ccc(C(=O)N[C@@H](C)c2nnc(SCc3ccccc3)n2-c2ccc(C)cc2)cc1. The zero-order valence-corrected chi connectivity index (χ0v) is 19.3. The molecule has 162 valence electrons. The number of aromatic nitrogens is 3. The number of benzene rings is 3. The normalized spacial score (nSPS) is 11.8. The number of nitrogens with zero attached hydrogens (tertiary/aromatic N) is 3. The molecule has 1 N–H and O–H groups in total. The number of carbonyl (C=O) groups excluding carboxylic acids is 1. The van der Waals surface area contributed by atoms with E-state index < -0.39 is 0 Å². The van der Waals surface area contributed by atoms with Crippen molar-refractivity contribution >= 4 is 17.7 Å². The second kappa shape index (κ2) is 9.83. The molecule has 1 amide bonds. The summed E-state index contributed by atoms with van der Waals surface area (Å²) in [6, 6.07) is 25.8. The van der Waals surface area contributed by atoms with Crippen LogP contribution in [0, 0.1) is 13.8 Å². The number of hydrogen-bond acceptors (Lipinski definition) is 4. The Balaban J connectivity index is 1.61. The highest BCUT2D eigenvalue weighted by molar-refractivity contribution is 7.98. The van der Waals surface area contributed by atoms with Crippen LogP contribution in [0.15, 0.2) is 84.0 Å². The van der Waals surface area contributed by atoms with Crippen LogP contribution in [0.3, 0.4) is 0 Å². The number of thioether (sulfide) groups is 1. The lowest BCUT2D eigenvalue weighted by atomic mass is 10.1. The quantitative estimate of drug-likeness (QED) is 0.375. The summed E-state index contributed by atoms with van der Waals surface area (Å²) >= 11 is 1.63. The van der Waals surface area contributed by atoms with E-state index >= 15 is 0 Å². The van der Waals surface area contributed by atoms with E-state index in [1.165, 1.54) is 11.1 Å². The van der Waals surface area contributed by atoms with Crippen LogP contribution in [0.4, 0.5) is 0 Å². The molecule has 0 bridgehead atoms. The van der Waals surface area contributed by atoms with Crippen molar-refractivity contribution in [1.82, 2.24) is 20.1 Å². The largest absolute Gasteiger partial charge is 0.342 e. The van der Waals surface area contributed by atoms with E-state index in [4.69, 9.17) is 0 Å². The minimum atomic E-state index is -0.316. The van der Waals surface area contributed by atoms with Gasteiger partial charge >= 0.3 is 0 Å². The van der Waals surface area contributed by atoms with Gasteiger partial charge in [0.05, 0.1) is 6.04 Å². The summed E-state index contributed by atoms with van der Waals surface area (Å²) in [5.41, 5.74) is 5.12. The van der Waals surface area contributed by atoms with Crippen LogP contribution >= 0.6 is 11.8 Å². The summed E-state index contributed by atoms with van der Waals surface area (Å²) in [7, 11) is 0. The standard InChI is InChI=1S/C26H26N4OS/c1-18-9-13-22(14-10-18)25(31)27-20(3)24-28-29-26(32-17-21-7-5-4-6-8-21)30(24)23-15-11-19(2)12-16-23/h4-16,20H,17H2,1-3H3,(H,27,31)/t20-/m0/s1. The van der Waals surface area contributed by atoms with E-state index in [0.29, 0.717) is 11.4 Å². The third-order valence-corrected chi connectivity index (χ3v) is 6.21. The maximum Gasteiger partial charge on any atom is 0.251 e. The second-order valence-electron chi connectivity index (χ2n) is 7.85. The second-order valence-corrected chi connectivity index (χ2v) is 8.79. The third-order valence-electron chi connectivity index (χ3n) is 5.21. The van der Waals surface area contributed by atoms with Crippen molar-refractivity contribution < 1.29 is 4.79 Å². The van der Waals surface area contributed by atoms with Crippen LogP contribution in [-0.4, -0.2) is 20.7 Å². The van der Waals surface area contributed by atoms with Gasteiger partial charge in [0.1, 0.15) is 0 Å². The fraction of sp³-hybridized carbons (Fsp3) is 0.192. The van der Waals surface area contributed by atoms with Crippen molar-refractivity contribution in [3.63, 3.8) is 0 Å². The molecule has 3 aromatic carbocycles. The van der Waals surface area contributed by atoms with Crippen LogP contribution in [0.2, 0.25) is 0 Å². The van der Waals surface area contributed by atoms with Gasteiger partial charge in [0.2, 0.25) is 0 Å². The van der Waals surface area contributed by atoms with Gasteiger partial charge < -0.3 is 5.32 Å². The molecule has 1 heterocycles. The third kappa shape index (κ3) is 5.08. The highest BCUT2D eigenvalue weighted by atomic mass is 32.2. The first-order valence-electron chi connectivity index (χ1n) is 10.6. The Morgan fingerprint density at radius 2 is 1.53 bits per heavy atom. The van der Waals surface area contributed by atoms with E-state index in [9.17, 15) is 4.79 Å². The first-order valence-corrected chi connectivity index (χ1v) is 11.6. The van der Waals surface area contributed by atoms with Crippen molar-refractivity contribution in [3.8, 4) is 5.69 Å². The molecule has 0 spiro atoms. The Morgan fingerprint density at radius 1 is 0.906 bits per heavy atom. The lowest BCUT2D eigenvalue weighted by molar-refractivity contribution is 0.0938. The maximum atomic E-state index is 12.8. The molecule has 4 rings (SSSR count). The van der Waals surface area contributed by atoms with E-state index in [-0.39, 0.29) is 11.9 Å². The summed E-state index contributed by atoms with van der Waals surface area (Å²) in [6.07, 6.45) is 0. The Kier molecular flexibility index (Phi) is 6.71. The number of nitrogens with one attached hydrogen (secondary N) is 1. The highest BCUT2D eigenvalue weighted by Gasteiger charge is 2.21. The zero-order chi connectivity index (χ0) is 22.5. The van der Waals surface area contributed by atoms with Crippen molar-refractivity contribution in [2.45, 2.75) is 37.7 Å². The van der Waals surface area contributed by atoms with Gasteiger partial charge in [-0.25, -0.2) is 0 Å².